The Labute approximate surface area is 112 Å². The molecule has 4 nitrogen and oxygen atoms in total. The summed E-state index contributed by atoms with van der Waals surface area (Å²) < 4.78 is 0. The maximum Gasteiger partial charge on any atom is 0.134 e. The van der Waals surface area contributed by atoms with Crippen LogP contribution in [0.1, 0.15) is 29.5 Å². The van der Waals surface area contributed by atoms with Gasteiger partial charge in [0.25, 0.3) is 0 Å². The zero-order chi connectivity index (χ0) is 12.8. The summed E-state index contributed by atoms with van der Waals surface area (Å²) in [4.78, 5) is 11.0. The molecular formula is C15H16N4. The molecule has 0 amide bonds. The third kappa shape index (κ3) is 1.52. The number of rotatable bonds is 2. The van der Waals surface area contributed by atoms with Gasteiger partial charge in [-0.05, 0) is 17.5 Å². The lowest BCUT2D eigenvalue weighted by molar-refractivity contribution is 0.729. The molecule has 0 radical (unpaired) electrons. The van der Waals surface area contributed by atoms with Crippen LogP contribution in [0.25, 0.3) is 0 Å². The predicted molar refractivity (Wildman–Crippen MR) is 75.5 cm³/mol. The van der Waals surface area contributed by atoms with E-state index in [0.717, 1.165) is 18.2 Å². The van der Waals surface area contributed by atoms with Crippen molar-refractivity contribution in [2.75, 3.05) is 23.8 Å². The fourth-order valence-corrected chi connectivity index (χ4v) is 3.44. The molecule has 0 unspecified atom stereocenters. The van der Waals surface area contributed by atoms with Gasteiger partial charge in [0.2, 0.25) is 0 Å². The van der Waals surface area contributed by atoms with Crippen LogP contribution in [0.2, 0.25) is 0 Å². The fraction of sp³-hybridized carbons (Fsp3) is 0.333. The van der Waals surface area contributed by atoms with Crippen molar-refractivity contribution in [2.24, 2.45) is 0 Å². The molecule has 4 heteroatoms. The van der Waals surface area contributed by atoms with Crippen molar-refractivity contribution < 1.29 is 0 Å². The van der Waals surface area contributed by atoms with E-state index in [9.17, 15) is 0 Å². The number of benzene rings is 1. The monoisotopic (exact) mass is 252 g/mol. The van der Waals surface area contributed by atoms with E-state index in [1.807, 2.05) is 13.1 Å². The van der Waals surface area contributed by atoms with Crippen LogP contribution in [0.4, 0.5) is 11.6 Å². The maximum atomic E-state index is 4.44. The first kappa shape index (κ1) is 10.8. The molecule has 2 atom stereocenters. The Morgan fingerprint density at radius 2 is 2.05 bits per heavy atom. The zero-order valence-electron chi connectivity index (χ0n) is 10.9. The molecule has 96 valence electrons. The topological polar surface area (TPSA) is 41.0 Å². The number of fused-ring (bicyclic) bond motifs is 5. The quantitative estimate of drug-likeness (QED) is 0.892. The van der Waals surface area contributed by atoms with Gasteiger partial charge in [-0.25, -0.2) is 9.97 Å². The van der Waals surface area contributed by atoms with E-state index >= 15 is 0 Å². The van der Waals surface area contributed by atoms with E-state index < -0.39 is 0 Å². The van der Waals surface area contributed by atoms with Gasteiger partial charge in [-0.2, -0.15) is 0 Å². The van der Waals surface area contributed by atoms with Crippen LogP contribution < -0.4 is 10.2 Å². The summed E-state index contributed by atoms with van der Waals surface area (Å²) >= 11 is 0. The highest BCUT2D eigenvalue weighted by Gasteiger charge is 2.42. The lowest BCUT2D eigenvalue weighted by atomic mass is 9.99. The van der Waals surface area contributed by atoms with Crippen molar-refractivity contribution >= 4 is 11.6 Å². The van der Waals surface area contributed by atoms with Crippen LogP contribution in [-0.4, -0.2) is 23.6 Å². The molecule has 4 rings (SSSR count). The Hall–Kier alpha value is -2.10. The van der Waals surface area contributed by atoms with Crippen LogP contribution in [0.15, 0.2) is 36.7 Å². The van der Waals surface area contributed by atoms with Crippen LogP contribution in [-0.2, 0) is 0 Å². The van der Waals surface area contributed by atoms with Gasteiger partial charge in [0, 0.05) is 25.6 Å². The average Bonchev–Trinajstić information content (AvgIpc) is 3.07. The van der Waals surface area contributed by atoms with Crippen LogP contribution in [0.3, 0.4) is 0 Å². The molecule has 0 spiro atoms. The number of nitrogens with zero attached hydrogens (tertiary/aromatic N) is 3. The predicted octanol–water partition coefficient (Wildman–Crippen LogP) is 2.57. The Morgan fingerprint density at radius 3 is 2.89 bits per heavy atom. The minimum absolute atomic E-state index is 0.487. The summed E-state index contributed by atoms with van der Waals surface area (Å²) in [6.07, 6.45) is 2.86. The molecule has 2 bridgehead atoms. The molecule has 1 N–H and O–H groups in total. The summed E-state index contributed by atoms with van der Waals surface area (Å²) in [6.45, 7) is 1.07. The first-order valence-corrected chi connectivity index (χ1v) is 6.72. The fourth-order valence-electron chi connectivity index (χ4n) is 3.44. The van der Waals surface area contributed by atoms with Crippen molar-refractivity contribution in [2.45, 2.75) is 18.4 Å². The molecule has 1 aromatic heterocycles. The molecule has 2 heterocycles. The maximum absolute atomic E-state index is 4.44. The zero-order valence-corrected chi connectivity index (χ0v) is 10.9. The van der Waals surface area contributed by atoms with Crippen molar-refractivity contribution in [3.8, 4) is 0 Å². The van der Waals surface area contributed by atoms with Gasteiger partial charge in [-0.15, -0.1) is 0 Å². The first-order chi connectivity index (χ1) is 9.36. The first-order valence-electron chi connectivity index (χ1n) is 6.72. The highest BCUT2D eigenvalue weighted by molar-refractivity contribution is 5.56. The minimum Gasteiger partial charge on any atom is -0.373 e. The SMILES string of the molecule is CNc1cc(N2C[C@H]3C[C@H]2c2ccccc23)ncn1. The highest BCUT2D eigenvalue weighted by atomic mass is 15.3. The number of aromatic nitrogens is 2. The van der Waals surface area contributed by atoms with E-state index in [2.05, 4.69) is 44.5 Å². The molecule has 1 fully saturated rings. The van der Waals surface area contributed by atoms with Gasteiger partial charge in [0.1, 0.15) is 18.0 Å². The second-order valence-corrected chi connectivity index (χ2v) is 5.24. The molecule has 19 heavy (non-hydrogen) atoms. The summed E-state index contributed by atoms with van der Waals surface area (Å²) in [6, 6.07) is 11.3. The van der Waals surface area contributed by atoms with Crippen molar-refractivity contribution in [1.82, 2.24) is 9.97 Å². The Balaban J connectivity index is 1.73. The molecule has 1 saturated heterocycles. The molecular weight excluding hydrogens is 236 g/mol. The van der Waals surface area contributed by atoms with Gasteiger partial charge >= 0.3 is 0 Å². The van der Waals surface area contributed by atoms with E-state index in [0.29, 0.717) is 12.0 Å². The standard InChI is InChI=1S/C15H16N4/c1-16-14-7-15(18-9-17-14)19-8-10-6-13(19)12-5-3-2-4-11(10)12/h2-5,7,9-10,13H,6,8H2,1H3,(H,16,17,18)/t10-,13+/m1/s1. The summed E-state index contributed by atoms with van der Waals surface area (Å²) in [7, 11) is 1.89. The Morgan fingerprint density at radius 1 is 1.21 bits per heavy atom. The second kappa shape index (κ2) is 3.95. The van der Waals surface area contributed by atoms with Gasteiger partial charge in [0.15, 0.2) is 0 Å². The highest BCUT2D eigenvalue weighted by Crippen LogP contribution is 2.51. The van der Waals surface area contributed by atoms with Gasteiger partial charge in [0.05, 0.1) is 6.04 Å². The number of nitrogens with one attached hydrogen (secondary N) is 1. The molecule has 1 aromatic carbocycles. The summed E-state index contributed by atoms with van der Waals surface area (Å²) in [5, 5.41) is 3.08. The number of hydrogen-bond donors (Lipinski definition) is 1. The number of anilines is 2. The van der Waals surface area contributed by atoms with Gasteiger partial charge in [-0.3, -0.25) is 0 Å². The molecule has 1 aliphatic carbocycles. The average molecular weight is 252 g/mol. The lowest BCUT2D eigenvalue weighted by Crippen LogP contribution is -2.28. The van der Waals surface area contributed by atoms with Gasteiger partial charge < -0.3 is 10.2 Å². The third-order valence-electron chi connectivity index (χ3n) is 4.30. The van der Waals surface area contributed by atoms with Crippen LogP contribution in [0, 0.1) is 0 Å². The summed E-state index contributed by atoms with van der Waals surface area (Å²) in [5.41, 5.74) is 3.01. The van der Waals surface area contributed by atoms with Crippen molar-refractivity contribution in [1.29, 1.82) is 0 Å². The smallest absolute Gasteiger partial charge is 0.134 e. The molecule has 0 saturated carbocycles. The molecule has 2 aromatic rings. The van der Waals surface area contributed by atoms with Gasteiger partial charge in [-0.1, -0.05) is 24.3 Å². The summed E-state index contributed by atoms with van der Waals surface area (Å²) in [5.74, 6) is 2.57. The normalized spacial score (nSPS) is 23.5. The molecule has 1 aliphatic heterocycles. The van der Waals surface area contributed by atoms with E-state index in [4.69, 9.17) is 0 Å². The largest absolute Gasteiger partial charge is 0.373 e. The second-order valence-electron chi connectivity index (χ2n) is 5.24. The minimum atomic E-state index is 0.487. The van der Waals surface area contributed by atoms with Crippen molar-refractivity contribution in [3.63, 3.8) is 0 Å². The third-order valence-corrected chi connectivity index (χ3v) is 4.30. The van der Waals surface area contributed by atoms with Crippen LogP contribution in [0.5, 0.6) is 0 Å². The van der Waals surface area contributed by atoms with Crippen LogP contribution >= 0.6 is 0 Å². The molecule has 2 aliphatic rings. The Kier molecular flexibility index (Phi) is 2.24. The lowest BCUT2D eigenvalue weighted by Gasteiger charge is -2.30. The Bertz CT molecular complexity index is 625. The van der Waals surface area contributed by atoms with Crippen molar-refractivity contribution in [3.05, 3.63) is 47.8 Å². The number of hydrogen-bond acceptors (Lipinski definition) is 4. The van der Waals surface area contributed by atoms with E-state index in [1.165, 1.54) is 17.5 Å². The van der Waals surface area contributed by atoms with E-state index in [1.54, 1.807) is 6.33 Å². The van der Waals surface area contributed by atoms with E-state index in [-0.39, 0.29) is 0 Å².